The Morgan fingerprint density at radius 1 is 1.28 bits per heavy atom. The third-order valence-electron chi connectivity index (χ3n) is 2.84. The van der Waals surface area contributed by atoms with Gasteiger partial charge in [0.25, 0.3) is 0 Å². The van der Waals surface area contributed by atoms with E-state index in [-0.39, 0.29) is 11.2 Å². The number of para-hydroxylation sites is 2. The van der Waals surface area contributed by atoms with E-state index in [1.54, 1.807) is 6.07 Å². The van der Waals surface area contributed by atoms with Crippen LogP contribution in [0.4, 0.5) is 11.4 Å². The van der Waals surface area contributed by atoms with E-state index in [1.165, 1.54) is 5.41 Å². The Hall–Kier alpha value is -1.49. The molecule has 0 unspecified atom stereocenters. The lowest BCUT2D eigenvalue weighted by Crippen LogP contribution is -2.29. The van der Waals surface area contributed by atoms with Crippen LogP contribution >= 0.6 is 0 Å². The van der Waals surface area contributed by atoms with Gasteiger partial charge in [-0.25, -0.2) is 8.42 Å². The number of nitrogen functional groups attached to an aromatic ring is 1. The third kappa shape index (κ3) is 3.04. The van der Waals surface area contributed by atoms with Crippen LogP contribution in [-0.4, -0.2) is 14.2 Å². The number of nitrogens with one attached hydrogen (secondary N) is 1. The number of hydrogen-bond donors (Lipinski definition) is 2. The van der Waals surface area contributed by atoms with Crippen LogP contribution in [0.1, 0.15) is 20.3 Å². The molecule has 0 saturated heterocycles. The van der Waals surface area contributed by atoms with Crippen molar-refractivity contribution in [3.05, 3.63) is 35.4 Å². The Morgan fingerprint density at radius 2 is 1.94 bits per heavy atom. The largest absolute Gasteiger partial charge is 0.397 e. The van der Waals surface area contributed by atoms with Crippen LogP contribution in [0.3, 0.4) is 0 Å². The maximum atomic E-state index is 11.8. The molecular formula is C13H18N2O2S. The van der Waals surface area contributed by atoms with Crippen LogP contribution in [0, 0.1) is 5.41 Å². The van der Waals surface area contributed by atoms with Gasteiger partial charge in [-0.1, -0.05) is 26.0 Å². The van der Waals surface area contributed by atoms with Gasteiger partial charge in [-0.15, -0.1) is 0 Å². The molecule has 1 aliphatic rings. The van der Waals surface area contributed by atoms with E-state index in [2.05, 4.69) is 5.32 Å². The predicted octanol–water partition coefficient (Wildman–Crippen LogP) is 2.37. The average Bonchev–Trinajstić information content (AvgIpc) is 2.16. The van der Waals surface area contributed by atoms with Gasteiger partial charge in [0, 0.05) is 11.1 Å². The molecule has 0 saturated carbocycles. The molecule has 98 valence electrons. The van der Waals surface area contributed by atoms with Crippen molar-refractivity contribution >= 4 is 21.2 Å². The normalized spacial score (nSPS) is 21.1. The first kappa shape index (κ1) is 13.0. The highest BCUT2D eigenvalue weighted by Gasteiger charge is 2.31. The zero-order valence-electron chi connectivity index (χ0n) is 10.6. The Bertz CT molecular complexity index is 589. The second-order valence-electron chi connectivity index (χ2n) is 5.50. The number of anilines is 2. The van der Waals surface area contributed by atoms with E-state index < -0.39 is 9.84 Å². The summed E-state index contributed by atoms with van der Waals surface area (Å²) in [6.45, 7) is 3.90. The second kappa shape index (κ2) is 4.31. The summed E-state index contributed by atoms with van der Waals surface area (Å²) in [5, 5.41) is 4.44. The number of hydrogen-bond acceptors (Lipinski definition) is 4. The molecule has 0 aliphatic carbocycles. The number of nitrogens with two attached hydrogens (primary N) is 1. The van der Waals surface area contributed by atoms with Crippen LogP contribution in [0.2, 0.25) is 0 Å². The summed E-state index contributed by atoms with van der Waals surface area (Å²) < 4.78 is 23.6. The highest BCUT2D eigenvalue weighted by atomic mass is 32.2. The van der Waals surface area contributed by atoms with E-state index in [0.717, 1.165) is 5.69 Å². The molecule has 1 aromatic carbocycles. The highest BCUT2D eigenvalue weighted by molar-refractivity contribution is 7.94. The fraction of sp³-hybridized carbons (Fsp3) is 0.385. The van der Waals surface area contributed by atoms with Gasteiger partial charge in [-0.05, 0) is 24.0 Å². The molecule has 1 heterocycles. The smallest absolute Gasteiger partial charge is 0.173 e. The standard InChI is InChI=1S/C13H18N2O2S/c1-13(2)7-10(8-18(16,17)9-13)15-12-6-4-3-5-11(12)14/h3-6,8,15H,7,9,14H2,1-2H3. The molecule has 1 aromatic rings. The zero-order valence-corrected chi connectivity index (χ0v) is 11.4. The lowest BCUT2D eigenvalue weighted by atomic mass is 9.90. The molecule has 1 aliphatic heterocycles. The summed E-state index contributed by atoms with van der Waals surface area (Å²) >= 11 is 0. The molecule has 3 N–H and O–H groups in total. The maximum Gasteiger partial charge on any atom is 0.173 e. The van der Waals surface area contributed by atoms with Gasteiger partial charge in [0.15, 0.2) is 9.84 Å². The fourth-order valence-electron chi connectivity index (χ4n) is 2.27. The Balaban J connectivity index is 2.30. The average molecular weight is 266 g/mol. The Morgan fingerprint density at radius 3 is 2.56 bits per heavy atom. The van der Waals surface area contributed by atoms with Crippen molar-refractivity contribution in [1.82, 2.24) is 0 Å². The van der Waals surface area contributed by atoms with Crippen molar-refractivity contribution in [1.29, 1.82) is 0 Å². The van der Waals surface area contributed by atoms with Gasteiger partial charge < -0.3 is 11.1 Å². The predicted molar refractivity (Wildman–Crippen MR) is 74.7 cm³/mol. The SMILES string of the molecule is CC1(C)CC(Nc2ccccc2N)=CS(=O)(=O)C1. The number of sulfone groups is 1. The molecule has 2 rings (SSSR count). The second-order valence-corrected chi connectivity index (χ2v) is 7.35. The Labute approximate surface area is 108 Å². The van der Waals surface area contributed by atoms with Gasteiger partial charge >= 0.3 is 0 Å². The summed E-state index contributed by atoms with van der Waals surface area (Å²) in [5.74, 6) is 0.190. The monoisotopic (exact) mass is 266 g/mol. The van der Waals surface area contributed by atoms with Crippen molar-refractivity contribution in [3.8, 4) is 0 Å². The summed E-state index contributed by atoms with van der Waals surface area (Å²) in [7, 11) is -3.14. The molecule has 0 fully saturated rings. The van der Waals surface area contributed by atoms with Crippen LogP contribution < -0.4 is 11.1 Å². The van der Waals surface area contributed by atoms with Crippen LogP contribution in [0.5, 0.6) is 0 Å². The lowest BCUT2D eigenvalue weighted by molar-refractivity contribution is 0.405. The van der Waals surface area contributed by atoms with E-state index in [0.29, 0.717) is 17.8 Å². The van der Waals surface area contributed by atoms with Crippen molar-refractivity contribution < 1.29 is 8.42 Å². The zero-order chi connectivity index (χ0) is 13.4. The van der Waals surface area contributed by atoms with Crippen LogP contribution in [0.25, 0.3) is 0 Å². The molecule has 0 spiro atoms. The molecule has 4 nitrogen and oxygen atoms in total. The topological polar surface area (TPSA) is 72.2 Å². The molecular weight excluding hydrogens is 248 g/mol. The number of rotatable bonds is 2. The highest BCUT2D eigenvalue weighted by Crippen LogP contribution is 2.34. The fourth-order valence-corrected chi connectivity index (χ4v) is 4.12. The number of allylic oxidation sites excluding steroid dienone is 1. The summed E-state index contributed by atoms with van der Waals surface area (Å²) in [5.41, 5.74) is 7.64. The molecule has 0 atom stereocenters. The van der Waals surface area contributed by atoms with Crippen LogP contribution in [0.15, 0.2) is 35.4 Å². The van der Waals surface area contributed by atoms with Gasteiger partial charge in [0.2, 0.25) is 0 Å². The molecule has 0 bridgehead atoms. The summed E-state index contributed by atoms with van der Waals surface area (Å²) in [6, 6.07) is 7.33. The van der Waals surface area contributed by atoms with E-state index >= 15 is 0 Å². The third-order valence-corrected chi connectivity index (χ3v) is 4.67. The first-order valence-electron chi connectivity index (χ1n) is 5.82. The van der Waals surface area contributed by atoms with Crippen molar-refractivity contribution in [2.45, 2.75) is 20.3 Å². The van der Waals surface area contributed by atoms with Crippen LogP contribution in [-0.2, 0) is 9.84 Å². The van der Waals surface area contributed by atoms with E-state index in [9.17, 15) is 8.42 Å². The summed E-state index contributed by atoms with van der Waals surface area (Å²) in [6.07, 6.45) is 0.695. The molecule has 5 heteroatoms. The first-order chi connectivity index (χ1) is 8.27. The molecule has 0 aromatic heterocycles. The van der Waals surface area contributed by atoms with Gasteiger partial charge in [-0.3, -0.25) is 0 Å². The number of benzene rings is 1. The van der Waals surface area contributed by atoms with Crippen molar-refractivity contribution in [3.63, 3.8) is 0 Å². The van der Waals surface area contributed by atoms with Gasteiger partial charge in [-0.2, -0.15) is 0 Å². The minimum atomic E-state index is -3.14. The van der Waals surface area contributed by atoms with E-state index in [4.69, 9.17) is 5.73 Å². The molecule has 0 amide bonds. The minimum Gasteiger partial charge on any atom is -0.397 e. The summed E-state index contributed by atoms with van der Waals surface area (Å²) in [4.78, 5) is 0. The minimum absolute atomic E-state index is 0.190. The first-order valence-corrected chi connectivity index (χ1v) is 7.54. The maximum absolute atomic E-state index is 11.8. The molecule has 0 radical (unpaired) electrons. The van der Waals surface area contributed by atoms with Crippen molar-refractivity contribution in [2.24, 2.45) is 5.41 Å². The van der Waals surface area contributed by atoms with Gasteiger partial charge in [0.1, 0.15) is 0 Å². The lowest BCUT2D eigenvalue weighted by Gasteiger charge is -2.30. The van der Waals surface area contributed by atoms with Crippen molar-refractivity contribution in [2.75, 3.05) is 16.8 Å². The Kier molecular flexibility index (Phi) is 3.11. The van der Waals surface area contributed by atoms with Gasteiger partial charge in [0.05, 0.1) is 17.1 Å². The molecule has 18 heavy (non-hydrogen) atoms. The van der Waals surface area contributed by atoms with E-state index in [1.807, 2.05) is 32.0 Å². The quantitative estimate of drug-likeness (QED) is 0.806.